The first-order valence-corrected chi connectivity index (χ1v) is 9.31. The van der Waals surface area contributed by atoms with E-state index in [0.717, 1.165) is 12.1 Å². The number of thiazole rings is 1. The van der Waals surface area contributed by atoms with Crippen molar-refractivity contribution in [2.75, 3.05) is 5.32 Å². The molecule has 0 aliphatic carbocycles. The summed E-state index contributed by atoms with van der Waals surface area (Å²) in [6.07, 6.45) is -3.34. The molecule has 4 rings (SSSR count). The van der Waals surface area contributed by atoms with Gasteiger partial charge in [-0.25, -0.2) is 14.1 Å². The molecule has 2 aromatic carbocycles. The van der Waals surface area contributed by atoms with E-state index in [0.29, 0.717) is 15.3 Å². The van der Waals surface area contributed by atoms with Gasteiger partial charge in [-0.3, -0.25) is 4.79 Å². The van der Waals surface area contributed by atoms with E-state index in [1.54, 1.807) is 29.8 Å². The van der Waals surface area contributed by atoms with Gasteiger partial charge in [0.05, 0.1) is 5.69 Å². The van der Waals surface area contributed by atoms with Crippen molar-refractivity contribution < 1.29 is 22.4 Å². The van der Waals surface area contributed by atoms with Crippen LogP contribution in [0.4, 0.5) is 23.2 Å². The quantitative estimate of drug-likeness (QED) is 0.469. The third-order valence-electron chi connectivity index (χ3n) is 4.01. The Kier molecular flexibility index (Phi) is 5.04. The lowest BCUT2D eigenvalue weighted by Gasteiger charge is -2.11. The van der Waals surface area contributed by atoms with Crippen LogP contribution in [0.2, 0.25) is 0 Å². The SMILES string of the molecule is O=C(Nc1cccc(-c2nccs2)c1)c1nnn(-c2cccc(F)c2)c1C(F)(F)F. The maximum absolute atomic E-state index is 13.7. The van der Waals surface area contributed by atoms with Gasteiger partial charge in [0.15, 0.2) is 11.4 Å². The summed E-state index contributed by atoms with van der Waals surface area (Å²) in [6.45, 7) is 0. The zero-order valence-electron chi connectivity index (χ0n) is 14.9. The molecule has 4 aromatic rings. The molecular weight excluding hydrogens is 422 g/mol. The second-order valence-electron chi connectivity index (χ2n) is 6.05. The molecule has 11 heteroatoms. The monoisotopic (exact) mass is 433 g/mol. The number of nitrogens with one attached hydrogen (secondary N) is 1. The molecule has 0 radical (unpaired) electrons. The number of alkyl halides is 3. The van der Waals surface area contributed by atoms with E-state index in [1.807, 2.05) is 0 Å². The first-order valence-electron chi connectivity index (χ1n) is 8.43. The summed E-state index contributed by atoms with van der Waals surface area (Å²) in [4.78, 5) is 16.7. The van der Waals surface area contributed by atoms with Crippen molar-refractivity contribution in [1.29, 1.82) is 0 Å². The van der Waals surface area contributed by atoms with E-state index < -0.39 is 29.3 Å². The van der Waals surface area contributed by atoms with E-state index in [1.165, 1.54) is 29.5 Å². The predicted octanol–water partition coefficient (Wildman–Crippen LogP) is 4.80. The Morgan fingerprint density at radius 3 is 2.60 bits per heavy atom. The molecule has 1 amide bonds. The maximum atomic E-state index is 13.7. The number of aromatic nitrogens is 4. The van der Waals surface area contributed by atoms with Gasteiger partial charge < -0.3 is 5.32 Å². The normalized spacial score (nSPS) is 11.5. The van der Waals surface area contributed by atoms with Crippen LogP contribution < -0.4 is 5.32 Å². The van der Waals surface area contributed by atoms with Crippen molar-refractivity contribution in [2.24, 2.45) is 0 Å². The van der Waals surface area contributed by atoms with E-state index in [-0.39, 0.29) is 11.4 Å². The van der Waals surface area contributed by atoms with Crippen LogP contribution >= 0.6 is 11.3 Å². The van der Waals surface area contributed by atoms with Crippen LogP contribution in [0.15, 0.2) is 60.1 Å². The zero-order chi connectivity index (χ0) is 21.3. The smallest absolute Gasteiger partial charge is 0.321 e. The minimum absolute atomic E-state index is 0.209. The van der Waals surface area contributed by atoms with Crippen LogP contribution in [0.5, 0.6) is 0 Å². The molecule has 0 bridgehead atoms. The molecule has 0 aliphatic rings. The minimum Gasteiger partial charge on any atom is -0.321 e. The summed E-state index contributed by atoms with van der Waals surface area (Å²) in [6, 6.07) is 10.9. The lowest BCUT2D eigenvalue weighted by molar-refractivity contribution is -0.143. The molecule has 152 valence electrons. The Labute approximate surface area is 170 Å². The average molecular weight is 433 g/mol. The summed E-state index contributed by atoms with van der Waals surface area (Å²) < 4.78 is 54.9. The molecule has 6 nitrogen and oxygen atoms in total. The minimum atomic E-state index is -4.95. The molecule has 1 N–H and O–H groups in total. The molecule has 0 aliphatic heterocycles. The lowest BCUT2D eigenvalue weighted by atomic mass is 10.2. The number of rotatable bonds is 4. The number of benzene rings is 2. The summed E-state index contributed by atoms with van der Waals surface area (Å²) in [5, 5.41) is 11.7. The van der Waals surface area contributed by atoms with Gasteiger partial charge in [0, 0.05) is 22.8 Å². The molecule has 2 aromatic heterocycles. The summed E-state index contributed by atoms with van der Waals surface area (Å²) in [5.41, 5.74) is -1.57. The Morgan fingerprint density at radius 2 is 1.90 bits per heavy atom. The highest BCUT2D eigenvalue weighted by Gasteiger charge is 2.42. The highest BCUT2D eigenvalue weighted by atomic mass is 32.1. The number of halogens is 4. The maximum Gasteiger partial charge on any atom is 0.435 e. The van der Waals surface area contributed by atoms with Gasteiger partial charge in [0.2, 0.25) is 0 Å². The van der Waals surface area contributed by atoms with Gasteiger partial charge in [-0.05, 0) is 30.3 Å². The Hall–Kier alpha value is -3.60. The first kappa shape index (κ1) is 19.7. The van der Waals surface area contributed by atoms with E-state index in [2.05, 4.69) is 20.6 Å². The van der Waals surface area contributed by atoms with Crippen LogP contribution in [0.3, 0.4) is 0 Å². The number of carbonyl (C=O) groups excluding carboxylic acids is 1. The fraction of sp³-hybridized carbons (Fsp3) is 0.0526. The van der Waals surface area contributed by atoms with Gasteiger partial charge in [-0.2, -0.15) is 13.2 Å². The molecule has 2 heterocycles. The fourth-order valence-electron chi connectivity index (χ4n) is 2.76. The Bertz CT molecular complexity index is 1200. The van der Waals surface area contributed by atoms with Crippen molar-refractivity contribution in [3.8, 4) is 16.3 Å². The molecule has 30 heavy (non-hydrogen) atoms. The van der Waals surface area contributed by atoms with Crippen molar-refractivity contribution in [1.82, 2.24) is 20.0 Å². The highest BCUT2D eigenvalue weighted by Crippen LogP contribution is 2.33. The molecule has 0 atom stereocenters. The lowest BCUT2D eigenvalue weighted by Crippen LogP contribution is -2.21. The molecule has 0 fully saturated rings. The Balaban J connectivity index is 1.69. The van der Waals surface area contributed by atoms with Crippen LogP contribution in [-0.4, -0.2) is 25.9 Å². The molecule has 0 saturated carbocycles. The zero-order valence-corrected chi connectivity index (χ0v) is 15.7. The molecular formula is C19H11F4N5OS. The van der Waals surface area contributed by atoms with Gasteiger partial charge in [0.25, 0.3) is 5.91 Å². The molecule has 0 unspecified atom stereocenters. The number of amides is 1. The first-order chi connectivity index (χ1) is 14.3. The molecule has 0 saturated heterocycles. The van der Waals surface area contributed by atoms with Crippen LogP contribution in [0.25, 0.3) is 16.3 Å². The van der Waals surface area contributed by atoms with Crippen molar-refractivity contribution >= 4 is 22.9 Å². The number of anilines is 1. The summed E-state index contributed by atoms with van der Waals surface area (Å²) >= 11 is 1.38. The third-order valence-corrected chi connectivity index (χ3v) is 4.83. The van der Waals surface area contributed by atoms with Crippen molar-refractivity contribution in [2.45, 2.75) is 6.18 Å². The number of carbonyl (C=O) groups is 1. The largest absolute Gasteiger partial charge is 0.435 e. The predicted molar refractivity (Wildman–Crippen MR) is 102 cm³/mol. The van der Waals surface area contributed by atoms with Crippen LogP contribution in [-0.2, 0) is 6.18 Å². The van der Waals surface area contributed by atoms with Crippen LogP contribution in [0.1, 0.15) is 16.2 Å². The van der Waals surface area contributed by atoms with E-state index in [4.69, 9.17) is 0 Å². The van der Waals surface area contributed by atoms with Gasteiger partial charge in [-0.1, -0.05) is 23.4 Å². The van der Waals surface area contributed by atoms with Crippen molar-refractivity contribution in [3.05, 3.63) is 77.3 Å². The van der Waals surface area contributed by atoms with Gasteiger partial charge >= 0.3 is 6.18 Å². The van der Waals surface area contributed by atoms with Gasteiger partial charge in [0.1, 0.15) is 10.8 Å². The third kappa shape index (κ3) is 3.92. The second kappa shape index (κ2) is 7.67. The number of hydrogen-bond donors (Lipinski definition) is 1. The summed E-state index contributed by atoms with van der Waals surface area (Å²) in [7, 11) is 0. The fourth-order valence-corrected chi connectivity index (χ4v) is 3.40. The number of nitrogens with zero attached hydrogens (tertiary/aromatic N) is 4. The van der Waals surface area contributed by atoms with Crippen molar-refractivity contribution in [3.63, 3.8) is 0 Å². The average Bonchev–Trinajstić information content (AvgIpc) is 3.38. The number of hydrogen-bond acceptors (Lipinski definition) is 5. The Morgan fingerprint density at radius 1 is 1.10 bits per heavy atom. The highest BCUT2D eigenvalue weighted by molar-refractivity contribution is 7.13. The standard InChI is InChI=1S/C19H11F4N5OS/c20-12-4-2-6-14(10-12)28-16(19(21,22)23)15(26-27-28)17(29)25-13-5-1-3-11(9-13)18-24-7-8-30-18/h1-10H,(H,25,29). The molecule has 0 spiro atoms. The van der Waals surface area contributed by atoms with E-state index in [9.17, 15) is 22.4 Å². The van der Waals surface area contributed by atoms with Gasteiger partial charge in [-0.15, -0.1) is 16.4 Å². The second-order valence-corrected chi connectivity index (χ2v) is 6.94. The van der Waals surface area contributed by atoms with E-state index >= 15 is 0 Å². The summed E-state index contributed by atoms with van der Waals surface area (Å²) in [5.74, 6) is -1.85. The topological polar surface area (TPSA) is 72.7 Å². The van der Waals surface area contributed by atoms with Crippen LogP contribution in [0, 0.1) is 5.82 Å².